The number of nitrogens with one attached hydrogen (secondary N) is 2. The molecule has 94 valence electrons. The molecule has 1 aromatic carbocycles. The predicted octanol–water partition coefficient (Wildman–Crippen LogP) is 1.45. The number of halogens is 3. The van der Waals surface area contributed by atoms with Crippen molar-refractivity contribution in [1.29, 1.82) is 0 Å². The number of anilines is 2. The van der Waals surface area contributed by atoms with Gasteiger partial charge in [-0.05, 0) is 25.2 Å². The lowest BCUT2D eigenvalue weighted by Gasteiger charge is -2.11. The Hall–Kier alpha value is -1.76. The molecule has 1 amide bonds. The zero-order valence-electron chi connectivity index (χ0n) is 9.06. The van der Waals surface area contributed by atoms with Crippen molar-refractivity contribution >= 4 is 17.3 Å². The van der Waals surface area contributed by atoms with Crippen LogP contribution in [0.15, 0.2) is 18.2 Å². The van der Waals surface area contributed by atoms with Crippen molar-refractivity contribution in [3.63, 3.8) is 0 Å². The summed E-state index contributed by atoms with van der Waals surface area (Å²) in [5, 5.41) is 5.01. The number of amides is 1. The quantitative estimate of drug-likeness (QED) is 0.708. The van der Waals surface area contributed by atoms with E-state index in [-0.39, 0.29) is 23.8 Å². The van der Waals surface area contributed by atoms with Crippen LogP contribution in [-0.4, -0.2) is 19.5 Å². The minimum atomic E-state index is -4.44. The molecule has 0 heterocycles. The maximum atomic E-state index is 12.3. The molecule has 0 saturated heterocycles. The van der Waals surface area contributed by atoms with Crippen molar-refractivity contribution in [2.75, 3.05) is 24.6 Å². The third-order valence-electron chi connectivity index (χ3n) is 1.99. The van der Waals surface area contributed by atoms with E-state index in [2.05, 4.69) is 10.6 Å². The van der Waals surface area contributed by atoms with Crippen LogP contribution >= 0.6 is 0 Å². The van der Waals surface area contributed by atoms with Crippen LogP contribution in [0.25, 0.3) is 0 Å². The monoisotopic (exact) mass is 247 g/mol. The summed E-state index contributed by atoms with van der Waals surface area (Å²) < 4.78 is 37.0. The first-order valence-electron chi connectivity index (χ1n) is 4.75. The zero-order valence-corrected chi connectivity index (χ0v) is 9.06. The van der Waals surface area contributed by atoms with Gasteiger partial charge in [-0.3, -0.25) is 4.79 Å². The predicted molar refractivity (Wildman–Crippen MR) is 58.4 cm³/mol. The van der Waals surface area contributed by atoms with Gasteiger partial charge in [0.05, 0.1) is 23.5 Å². The van der Waals surface area contributed by atoms with Crippen LogP contribution < -0.4 is 16.4 Å². The van der Waals surface area contributed by atoms with Crippen LogP contribution in [0.2, 0.25) is 0 Å². The number of benzene rings is 1. The van der Waals surface area contributed by atoms with Crippen molar-refractivity contribution < 1.29 is 18.0 Å². The van der Waals surface area contributed by atoms with E-state index in [0.717, 1.165) is 18.2 Å². The maximum Gasteiger partial charge on any atom is 0.416 e. The van der Waals surface area contributed by atoms with Crippen LogP contribution in [0.5, 0.6) is 0 Å². The van der Waals surface area contributed by atoms with E-state index in [1.807, 2.05) is 0 Å². The van der Waals surface area contributed by atoms with E-state index < -0.39 is 11.7 Å². The number of carbonyl (C=O) groups is 1. The molecule has 0 atom stereocenters. The summed E-state index contributed by atoms with van der Waals surface area (Å²) in [6.45, 7) is 0.0560. The van der Waals surface area contributed by atoms with Crippen LogP contribution in [-0.2, 0) is 11.0 Å². The standard InChI is InChI=1S/C10H12F3N3O/c1-15-5-9(17)16-8-3-2-6(4-7(8)14)10(11,12)13/h2-4,15H,5,14H2,1H3,(H,16,17). The summed E-state index contributed by atoms with van der Waals surface area (Å²) in [7, 11) is 1.58. The lowest BCUT2D eigenvalue weighted by molar-refractivity contribution is -0.137. The second-order valence-corrected chi connectivity index (χ2v) is 3.38. The SMILES string of the molecule is CNCC(=O)Nc1ccc(C(F)(F)F)cc1N. The molecular weight excluding hydrogens is 235 g/mol. The van der Waals surface area contributed by atoms with Gasteiger partial charge in [0.25, 0.3) is 0 Å². The Bertz CT molecular complexity index is 418. The van der Waals surface area contributed by atoms with Crippen molar-refractivity contribution in [3.8, 4) is 0 Å². The topological polar surface area (TPSA) is 67.2 Å². The van der Waals surface area contributed by atoms with Gasteiger partial charge in [-0.2, -0.15) is 13.2 Å². The number of alkyl halides is 3. The van der Waals surface area contributed by atoms with Gasteiger partial charge in [-0.15, -0.1) is 0 Å². The molecule has 0 unspecified atom stereocenters. The lowest BCUT2D eigenvalue weighted by Crippen LogP contribution is -2.25. The highest BCUT2D eigenvalue weighted by atomic mass is 19.4. The molecule has 0 radical (unpaired) electrons. The highest BCUT2D eigenvalue weighted by Gasteiger charge is 2.30. The molecule has 0 fully saturated rings. The van der Waals surface area contributed by atoms with Gasteiger partial charge in [-0.25, -0.2) is 0 Å². The molecular formula is C10H12F3N3O. The van der Waals surface area contributed by atoms with Gasteiger partial charge >= 0.3 is 6.18 Å². The maximum absolute atomic E-state index is 12.3. The molecule has 0 aliphatic heterocycles. The second kappa shape index (κ2) is 5.05. The van der Waals surface area contributed by atoms with Crippen LogP contribution in [0.3, 0.4) is 0 Å². The second-order valence-electron chi connectivity index (χ2n) is 3.38. The highest BCUT2D eigenvalue weighted by Crippen LogP contribution is 2.32. The van der Waals surface area contributed by atoms with Crippen LogP contribution in [0, 0.1) is 0 Å². The Balaban J connectivity index is 2.87. The van der Waals surface area contributed by atoms with Gasteiger partial charge in [0.15, 0.2) is 0 Å². The largest absolute Gasteiger partial charge is 0.416 e. The van der Waals surface area contributed by atoms with Crippen molar-refractivity contribution in [2.45, 2.75) is 6.18 Å². The Kier molecular flexibility index (Phi) is 3.95. The number of hydrogen-bond acceptors (Lipinski definition) is 3. The van der Waals surface area contributed by atoms with E-state index in [9.17, 15) is 18.0 Å². The number of nitrogen functional groups attached to an aromatic ring is 1. The third-order valence-corrected chi connectivity index (χ3v) is 1.99. The lowest BCUT2D eigenvalue weighted by atomic mass is 10.1. The number of carbonyl (C=O) groups excluding carboxylic acids is 1. The first kappa shape index (κ1) is 13.3. The van der Waals surface area contributed by atoms with Gasteiger partial charge in [0.2, 0.25) is 5.91 Å². The first-order valence-corrected chi connectivity index (χ1v) is 4.75. The minimum Gasteiger partial charge on any atom is -0.397 e. The molecule has 0 aromatic heterocycles. The Labute approximate surface area is 96.0 Å². The van der Waals surface area contributed by atoms with E-state index >= 15 is 0 Å². The molecule has 0 aliphatic rings. The molecule has 0 spiro atoms. The smallest absolute Gasteiger partial charge is 0.397 e. The normalized spacial score (nSPS) is 11.3. The average molecular weight is 247 g/mol. The fourth-order valence-corrected chi connectivity index (χ4v) is 1.21. The van der Waals surface area contributed by atoms with Crippen molar-refractivity contribution in [1.82, 2.24) is 5.32 Å². The van der Waals surface area contributed by atoms with Crippen LogP contribution in [0.4, 0.5) is 24.5 Å². The van der Waals surface area contributed by atoms with Gasteiger partial charge in [0.1, 0.15) is 0 Å². The summed E-state index contributed by atoms with van der Waals surface area (Å²) >= 11 is 0. The molecule has 0 saturated carbocycles. The van der Waals surface area contributed by atoms with E-state index in [0.29, 0.717) is 0 Å². The third kappa shape index (κ3) is 3.63. The summed E-state index contributed by atoms with van der Waals surface area (Å²) in [4.78, 5) is 11.2. The Morgan fingerprint density at radius 3 is 2.53 bits per heavy atom. The number of nitrogens with two attached hydrogens (primary N) is 1. The van der Waals surface area contributed by atoms with Crippen molar-refractivity contribution in [2.24, 2.45) is 0 Å². The van der Waals surface area contributed by atoms with Gasteiger partial charge < -0.3 is 16.4 Å². The number of hydrogen-bond donors (Lipinski definition) is 3. The number of rotatable bonds is 3. The molecule has 17 heavy (non-hydrogen) atoms. The molecule has 1 rings (SSSR count). The van der Waals surface area contributed by atoms with Crippen LogP contribution in [0.1, 0.15) is 5.56 Å². The summed E-state index contributed by atoms with van der Waals surface area (Å²) in [5.74, 6) is -0.376. The molecule has 1 aromatic rings. The summed E-state index contributed by atoms with van der Waals surface area (Å²) in [6.07, 6.45) is -4.44. The van der Waals surface area contributed by atoms with E-state index in [4.69, 9.17) is 5.73 Å². The molecule has 7 heteroatoms. The fraction of sp³-hybridized carbons (Fsp3) is 0.300. The molecule has 4 nitrogen and oxygen atoms in total. The first-order chi connectivity index (χ1) is 7.84. The summed E-state index contributed by atoms with van der Waals surface area (Å²) in [6, 6.07) is 2.78. The Morgan fingerprint density at radius 2 is 2.06 bits per heavy atom. The minimum absolute atomic E-state index is 0.0560. The number of likely N-dealkylation sites (N-methyl/N-ethyl adjacent to an activating group) is 1. The summed E-state index contributed by atoms with van der Waals surface area (Å²) in [5.41, 5.74) is 4.63. The van der Waals surface area contributed by atoms with Crippen molar-refractivity contribution in [3.05, 3.63) is 23.8 Å². The zero-order chi connectivity index (χ0) is 13.1. The van der Waals surface area contributed by atoms with E-state index in [1.165, 1.54) is 0 Å². The molecule has 4 N–H and O–H groups in total. The van der Waals surface area contributed by atoms with E-state index in [1.54, 1.807) is 7.05 Å². The molecule has 0 bridgehead atoms. The molecule has 0 aliphatic carbocycles. The fourth-order valence-electron chi connectivity index (χ4n) is 1.21. The highest BCUT2D eigenvalue weighted by molar-refractivity contribution is 5.95. The Morgan fingerprint density at radius 1 is 1.41 bits per heavy atom. The average Bonchev–Trinajstić information content (AvgIpc) is 2.20. The van der Waals surface area contributed by atoms with Gasteiger partial charge in [0, 0.05) is 0 Å². The van der Waals surface area contributed by atoms with Gasteiger partial charge in [-0.1, -0.05) is 0 Å².